The van der Waals surface area contributed by atoms with Crippen LogP contribution in [0.25, 0.3) is 22.0 Å². The van der Waals surface area contributed by atoms with Crippen molar-refractivity contribution in [2.75, 3.05) is 19.5 Å². The largest absolute Gasteiger partial charge is 0.493 e. The second kappa shape index (κ2) is 8.13. The van der Waals surface area contributed by atoms with Crippen molar-refractivity contribution < 1.29 is 14.3 Å². The minimum atomic E-state index is -0.477. The van der Waals surface area contributed by atoms with E-state index in [0.717, 1.165) is 11.1 Å². The number of para-hydroxylation sites is 2. The van der Waals surface area contributed by atoms with Crippen LogP contribution in [0.3, 0.4) is 0 Å². The lowest BCUT2D eigenvalue weighted by molar-refractivity contribution is 0.102. The Morgan fingerprint density at radius 3 is 2.43 bits per heavy atom. The van der Waals surface area contributed by atoms with Crippen molar-refractivity contribution in [3.8, 4) is 22.6 Å². The zero-order chi connectivity index (χ0) is 21.1. The summed E-state index contributed by atoms with van der Waals surface area (Å²) in [6, 6.07) is 20.0. The number of anilines is 1. The highest BCUT2D eigenvalue weighted by Gasteiger charge is 2.16. The number of pyridine rings is 1. The fourth-order valence-corrected chi connectivity index (χ4v) is 3.37. The van der Waals surface area contributed by atoms with Crippen LogP contribution in [0.5, 0.6) is 11.5 Å². The number of aromatic nitrogens is 1. The summed E-state index contributed by atoms with van der Waals surface area (Å²) in [5, 5.41) is 3.34. The summed E-state index contributed by atoms with van der Waals surface area (Å²) >= 11 is 0. The van der Waals surface area contributed by atoms with Gasteiger partial charge < -0.3 is 19.8 Å². The number of fused-ring (bicyclic) bond motifs is 1. The molecule has 4 aromatic rings. The number of carbonyl (C=O) groups is 1. The monoisotopic (exact) mass is 400 g/mol. The molecule has 0 aliphatic rings. The molecule has 0 aliphatic carbocycles. The second-order valence-corrected chi connectivity index (χ2v) is 6.65. The van der Waals surface area contributed by atoms with Crippen LogP contribution in [-0.2, 0) is 0 Å². The molecule has 1 heterocycles. The Kier molecular flexibility index (Phi) is 5.22. The molecule has 30 heavy (non-hydrogen) atoms. The zero-order valence-corrected chi connectivity index (χ0v) is 16.6. The lowest BCUT2D eigenvalue weighted by atomic mass is 10.0. The van der Waals surface area contributed by atoms with Crippen molar-refractivity contribution in [3.05, 3.63) is 88.7 Å². The summed E-state index contributed by atoms with van der Waals surface area (Å²) in [7, 11) is 3.15. The van der Waals surface area contributed by atoms with Crippen molar-refractivity contribution in [2.45, 2.75) is 0 Å². The van der Waals surface area contributed by atoms with Crippen molar-refractivity contribution in [1.82, 2.24) is 4.98 Å². The lowest BCUT2D eigenvalue weighted by Gasteiger charge is -2.14. The third kappa shape index (κ3) is 3.51. The van der Waals surface area contributed by atoms with Gasteiger partial charge in [0, 0.05) is 28.4 Å². The molecule has 0 radical (unpaired) electrons. The van der Waals surface area contributed by atoms with Gasteiger partial charge in [0.15, 0.2) is 11.5 Å². The Bertz CT molecular complexity index is 1290. The number of carbonyl (C=O) groups excluding carboxylic acids is 1. The first-order valence-electron chi connectivity index (χ1n) is 9.35. The van der Waals surface area contributed by atoms with Gasteiger partial charge >= 0.3 is 0 Å². The molecule has 2 N–H and O–H groups in total. The first-order chi connectivity index (χ1) is 14.6. The Morgan fingerprint density at radius 2 is 1.63 bits per heavy atom. The van der Waals surface area contributed by atoms with Crippen LogP contribution in [0.1, 0.15) is 10.4 Å². The van der Waals surface area contributed by atoms with Gasteiger partial charge in [0.1, 0.15) is 5.56 Å². The summed E-state index contributed by atoms with van der Waals surface area (Å²) < 4.78 is 10.7. The Balaban J connectivity index is 1.71. The average Bonchev–Trinajstić information content (AvgIpc) is 2.79. The van der Waals surface area contributed by atoms with Crippen molar-refractivity contribution >= 4 is 22.5 Å². The molecule has 0 fully saturated rings. The molecule has 150 valence electrons. The van der Waals surface area contributed by atoms with Gasteiger partial charge in [-0.2, -0.15) is 0 Å². The Hall–Kier alpha value is -4.06. The molecule has 0 unspecified atom stereocenters. The molecule has 0 saturated heterocycles. The third-order valence-electron chi connectivity index (χ3n) is 4.90. The molecule has 3 aromatic carbocycles. The molecule has 6 heteroatoms. The van der Waals surface area contributed by atoms with E-state index in [0.29, 0.717) is 28.1 Å². The van der Waals surface area contributed by atoms with Crippen LogP contribution in [0.2, 0.25) is 0 Å². The predicted molar refractivity (Wildman–Crippen MR) is 118 cm³/mol. The van der Waals surface area contributed by atoms with E-state index in [-0.39, 0.29) is 11.0 Å². The first kappa shape index (κ1) is 19.3. The fraction of sp³-hybridized carbons (Fsp3) is 0.0833. The van der Waals surface area contributed by atoms with Gasteiger partial charge in [0.25, 0.3) is 5.91 Å². The number of aromatic amines is 1. The van der Waals surface area contributed by atoms with E-state index in [4.69, 9.17) is 9.47 Å². The van der Waals surface area contributed by atoms with Gasteiger partial charge in [-0.05, 0) is 35.9 Å². The number of amides is 1. The van der Waals surface area contributed by atoms with Crippen molar-refractivity contribution in [3.63, 3.8) is 0 Å². The van der Waals surface area contributed by atoms with Crippen molar-refractivity contribution in [1.29, 1.82) is 0 Å². The van der Waals surface area contributed by atoms with Crippen LogP contribution >= 0.6 is 0 Å². The van der Waals surface area contributed by atoms with Gasteiger partial charge in [0.2, 0.25) is 5.43 Å². The topological polar surface area (TPSA) is 80.4 Å². The zero-order valence-electron chi connectivity index (χ0n) is 16.6. The van der Waals surface area contributed by atoms with Crippen LogP contribution in [0.4, 0.5) is 5.69 Å². The van der Waals surface area contributed by atoms with Gasteiger partial charge in [0.05, 0.1) is 14.2 Å². The smallest absolute Gasteiger partial charge is 0.261 e. The van der Waals surface area contributed by atoms with E-state index < -0.39 is 5.91 Å². The maximum absolute atomic E-state index is 12.9. The molecular weight excluding hydrogens is 380 g/mol. The van der Waals surface area contributed by atoms with Gasteiger partial charge in [-0.3, -0.25) is 9.59 Å². The summed E-state index contributed by atoms with van der Waals surface area (Å²) in [4.78, 5) is 28.7. The van der Waals surface area contributed by atoms with Gasteiger partial charge in [-0.25, -0.2) is 0 Å². The maximum Gasteiger partial charge on any atom is 0.261 e. The van der Waals surface area contributed by atoms with Crippen LogP contribution < -0.4 is 20.2 Å². The van der Waals surface area contributed by atoms with Crippen LogP contribution in [0.15, 0.2) is 77.7 Å². The van der Waals surface area contributed by atoms with E-state index in [9.17, 15) is 9.59 Å². The van der Waals surface area contributed by atoms with Crippen LogP contribution in [-0.4, -0.2) is 25.1 Å². The maximum atomic E-state index is 12.9. The van der Waals surface area contributed by atoms with E-state index in [1.807, 2.05) is 36.4 Å². The summed E-state index contributed by atoms with van der Waals surface area (Å²) in [6.45, 7) is 0. The quantitative estimate of drug-likeness (QED) is 0.518. The van der Waals surface area contributed by atoms with Gasteiger partial charge in [-0.15, -0.1) is 0 Å². The number of hydrogen-bond acceptors (Lipinski definition) is 4. The molecule has 1 aromatic heterocycles. The standard InChI is InChI=1S/C24H20N2O4/c1-29-21-12-11-15(13-22(21)30-2)16-7-3-6-10-20(16)26-24(28)18-14-25-19-9-5-4-8-17(19)23(18)27/h3-14H,1-2H3,(H,25,27)(H,26,28). The Labute approximate surface area is 173 Å². The SMILES string of the molecule is COc1ccc(-c2ccccc2NC(=O)c2c[nH]c3ccccc3c2=O)cc1OC. The highest BCUT2D eigenvalue weighted by atomic mass is 16.5. The number of hydrogen-bond donors (Lipinski definition) is 2. The number of H-pyrrole nitrogens is 1. The molecule has 0 aliphatic heterocycles. The molecule has 4 rings (SSSR count). The fourth-order valence-electron chi connectivity index (χ4n) is 3.37. The summed E-state index contributed by atoms with van der Waals surface area (Å²) in [5.41, 5.74) is 2.65. The highest BCUT2D eigenvalue weighted by Crippen LogP contribution is 2.35. The minimum Gasteiger partial charge on any atom is -0.493 e. The molecule has 0 saturated carbocycles. The highest BCUT2D eigenvalue weighted by molar-refractivity contribution is 6.07. The molecule has 0 atom stereocenters. The first-order valence-corrected chi connectivity index (χ1v) is 9.35. The van der Waals surface area contributed by atoms with Gasteiger partial charge in [-0.1, -0.05) is 36.4 Å². The predicted octanol–water partition coefficient (Wildman–Crippen LogP) is 4.46. The Morgan fingerprint density at radius 1 is 0.900 bits per heavy atom. The third-order valence-corrected chi connectivity index (χ3v) is 4.90. The van der Waals surface area contributed by atoms with Crippen molar-refractivity contribution in [2.24, 2.45) is 0 Å². The summed E-state index contributed by atoms with van der Waals surface area (Å²) in [6.07, 6.45) is 1.44. The van der Waals surface area contributed by atoms with E-state index in [1.165, 1.54) is 6.20 Å². The molecule has 0 bridgehead atoms. The van der Waals surface area contributed by atoms with Crippen LogP contribution in [0, 0.1) is 0 Å². The second-order valence-electron chi connectivity index (χ2n) is 6.65. The number of nitrogens with one attached hydrogen (secondary N) is 2. The molecule has 0 spiro atoms. The number of benzene rings is 3. The minimum absolute atomic E-state index is 0.0517. The van der Waals surface area contributed by atoms with E-state index >= 15 is 0 Å². The summed E-state index contributed by atoms with van der Waals surface area (Å²) in [5.74, 6) is 0.725. The number of methoxy groups -OCH3 is 2. The molecule has 1 amide bonds. The molecular formula is C24H20N2O4. The van der Waals surface area contributed by atoms with E-state index in [1.54, 1.807) is 44.6 Å². The normalized spacial score (nSPS) is 10.6. The molecule has 6 nitrogen and oxygen atoms in total. The average molecular weight is 400 g/mol. The lowest BCUT2D eigenvalue weighted by Crippen LogP contribution is -2.22. The number of ether oxygens (including phenoxy) is 2. The van der Waals surface area contributed by atoms with E-state index in [2.05, 4.69) is 10.3 Å². The number of rotatable bonds is 5.